The third-order valence-electron chi connectivity index (χ3n) is 4.31. The van der Waals surface area contributed by atoms with E-state index in [9.17, 15) is 0 Å². The van der Waals surface area contributed by atoms with Crippen LogP contribution in [-0.4, -0.2) is 47.5 Å². The summed E-state index contributed by atoms with van der Waals surface area (Å²) >= 11 is 0. The van der Waals surface area contributed by atoms with Crippen molar-refractivity contribution in [3.8, 4) is 6.07 Å². The Balaban J connectivity index is 1.42. The van der Waals surface area contributed by atoms with Crippen molar-refractivity contribution in [3.63, 3.8) is 0 Å². The van der Waals surface area contributed by atoms with Crippen molar-refractivity contribution in [2.45, 2.75) is 6.54 Å². The van der Waals surface area contributed by atoms with Crippen LogP contribution in [0.15, 0.2) is 54.9 Å². The zero-order valence-electron chi connectivity index (χ0n) is 13.8. The van der Waals surface area contributed by atoms with E-state index in [0.29, 0.717) is 5.56 Å². The minimum Gasteiger partial charge on any atom is -0.297 e. The molecule has 0 amide bonds. The van der Waals surface area contributed by atoms with Crippen LogP contribution in [0.25, 0.3) is 6.08 Å². The van der Waals surface area contributed by atoms with Gasteiger partial charge in [0.2, 0.25) is 0 Å². The quantitative estimate of drug-likeness (QED) is 0.850. The van der Waals surface area contributed by atoms with Gasteiger partial charge < -0.3 is 0 Å². The van der Waals surface area contributed by atoms with Gasteiger partial charge in [0.1, 0.15) is 0 Å². The number of rotatable bonds is 5. The van der Waals surface area contributed by atoms with E-state index < -0.39 is 0 Å². The maximum Gasteiger partial charge on any atom is 0.0991 e. The SMILES string of the molecule is N#Cc1ccc(/C=C/CN2CCN(Cc3cccnc3)CC2)cc1. The standard InChI is InChI=1S/C20H22N4/c21-15-19-7-5-18(6-8-19)4-2-10-23-11-13-24(14-12-23)17-20-3-1-9-22-16-20/h1-9,16H,10-14,17H2/b4-2+. The summed E-state index contributed by atoms with van der Waals surface area (Å²) in [5, 5.41) is 8.81. The minimum absolute atomic E-state index is 0.705. The van der Waals surface area contributed by atoms with Gasteiger partial charge in [0.05, 0.1) is 11.6 Å². The Morgan fingerprint density at radius 1 is 1.04 bits per heavy atom. The highest BCUT2D eigenvalue weighted by atomic mass is 15.3. The molecule has 1 saturated heterocycles. The summed E-state index contributed by atoms with van der Waals surface area (Å²) in [6.07, 6.45) is 8.11. The first-order chi connectivity index (χ1) is 11.8. The van der Waals surface area contributed by atoms with Gasteiger partial charge in [-0.3, -0.25) is 14.8 Å². The van der Waals surface area contributed by atoms with Crippen LogP contribution in [0.3, 0.4) is 0 Å². The number of hydrogen-bond acceptors (Lipinski definition) is 4. The van der Waals surface area contributed by atoms with Crippen LogP contribution in [0.2, 0.25) is 0 Å². The normalized spacial score (nSPS) is 16.3. The van der Waals surface area contributed by atoms with Gasteiger partial charge in [-0.25, -0.2) is 0 Å². The van der Waals surface area contributed by atoms with Crippen molar-refractivity contribution >= 4 is 6.08 Å². The first-order valence-corrected chi connectivity index (χ1v) is 8.34. The second kappa shape index (κ2) is 8.39. The van der Waals surface area contributed by atoms with Crippen LogP contribution in [0.5, 0.6) is 0 Å². The number of benzene rings is 1. The fourth-order valence-corrected chi connectivity index (χ4v) is 2.89. The monoisotopic (exact) mass is 318 g/mol. The van der Waals surface area contributed by atoms with Crippen molar-refractivity contribution in [3.05, 3.63) is 71.6 Å². The summed E-state index contributed by atoms with van der Waals surface area (Å²) < 4.78 is 0. The molecule has 0 spiro atoms. The third-order valence-corrected chi connectivity index (χ3v) is 4.31. The van der Waals surface area contributed by atoms with Crippen LogP contribution in [0.4, 0.5) is 0 Å². The maximum atomic E-state index is 8.81. The predicted octanol–water partition coefficient (Wildman–Crippen LogP) is 2.78. The van der Waals surface area contributed by atoms with E-state index in [0.717, 1.165) is 44.8 Å². The summed E-state index contributed by atoms with van der Waals surface area (Å²) in [4.78, 5) is 9.14. The average Bonchev–Trinajstić information content (AvgIpc) is 2.65. The van der Waals surface area contributed by atoms with Gasteiger partial charge >= 0.3 is 0 Å². The number of aromatic nitrogens is 1. The first-order valence-electron chi connectivity index (χ1n) is 8.34. The highest BCUT2D eigenvalue weighted by Crippen LogP contribution is 2.09. The van der Waals surface area contributed by atoms with Crippen LogP contribution in [-0.2, 0) is 6.54 Å². The highest BCUT2D eigenvalue weighted by Gasteiger charge is 2.15. The second-order valence-electron chi connectivity index (χ2n) is 6.07. The van der Waals surface area contributed by atoms with E-state index >= 15 is 0 Å². The smallest absolute Gasteiger partial charge is 0.0991 e. The summed E-state index contributed by atoms with van der Waals surface area (Å²) in [7, 11) is 0. The zero-order valence-corrected chi connectivity index (χ0v) is 13.8. The van der Waals surface area contributed by atoms with E-state index in [1.807, 2.05) is 42.7 Å². The van der Waals surface area contributed by atoms with Crippen LogP contribution < -0.4 is 0 Å². The van der Waals surface area contributed by atoms with E-state index in [4.69, 9.17) is 5.26 Å². The molecule has 0 bridgehead atoms. The molecular weight excluding hydrogens is 296 g/mol. The van der Waals surface area contributed by atoms with Gasteiger partial charge in [0.15, 0.2) is 0 Å². The van der Waals surface area contributed by atoms with E-state index in [1.54, 1.807) is 0 Å². The molecule has 24 heavy (non-hydrogen) atoms. The number of hydrogen-bond donors (Lipinski definition) is 0. The molecule has 0 unspecified atom stereocenters. The number of nitriles is 1. The lowest BCUT2D eigenvalue weighted by Gasteiger charge is -2.34. The first kappa shape index (κ1) is 16.4. The van der Waals surface area contributed by atoms with Crippen LogP contribution in [0.1, 0.15) is 16.7 Å². The largest absolute Gasteiger partial charge is 0.297 e. The Labute approximate surface area is 143 Å². The molecule has 4 heteroatoms. The molecule has 1 aromatic heterocycles. The molecule has 4 nitrogen and oxygen atoms in total. The number of piperazine rings is 1. The lowest BCUT2D eigenvalue weighted by atomic mass is 10.1. The average molecular weight is 318 g/mol. The van der Waals surface area contributed by atoms with E-state index in [1.165, 1.54) is 5.56 Å². The summed E-state index contributed by atoms with van der Waals surface area (Å²) in [5.41, 5.74) is 3.13. The summed E-state index contributed by atoms with van der Waals surface area (Å²) in [6, 6.07) is 14.0. The molecule has 1 fully saturated rings. The molecule has 1 aromatic carbocycles. The molecule has 0 aliphatic carbocycles. The van der Waals surface area contributed by atoms with Crippen molar-refractivity contribution in [2.75, 3.05) is 32.7 Å². The van der Waals surface area contributed by atoms with Gasteiger partial charge in [-0.1, -0.05) is 30.4 Å². The second-order valence-corrected chi connectivity index (χ2v) is 6.07. The Bertz CT molecular complexity index is 693. The number of pyridine rings is 1. The van der Waals surface area contributed by atoms with E-state index in [-0.39, 0.29) is 0 Å². The molecule has 0 N–H and O–H groups in total. The van der Waals surface area contributed by atoms with Crippen LogP contribution >= 0.6 is 0 Å². The van der Waals surface area contributed by atoms with Gasteiger partial charge in [0.25, 0.3) is 0 Å². The zero-order chi connectivity index (χ0) is 16.6. The van der Waals surface area contributed by atoms with Crippen molar-refractivity contribution < 1.29 is 0 Å². The van der Waals surface area contributed by atoms with Crippen molar-refractivity contribution in [1.29, 1.82) is 5.26 Å². The highest BCUT2D eigenvalue weighted by molar-refractivity contribution is 5.51. The molecular formula is C20H22N4. The fourth-order valence-electron chi connectivity index (χ4n) is 2.89. The van der Waals surface area contributed by atoms with Crippen molar-refractivity contribution in [2.24, 2.45) is 0 Å². The molecule has 122 valence electrons. The molecule has 1 aliphatic rings. The van der Waals surface area contributed by atoms with E-state index in [2.05, 4.69) is 39.1 Å². The van der Waals surface area contributed by atoms with Gasteiger partial charge in [-0.15, -0.1) is 0 Å². The van der Waals surface area contributed by atoms with Gasteiger partial charge in [-0.05, 0) is 29.3 Å². The molecule has 2 aromatic rings. The maximum absolute atomic E-state index is 8.81. The molecule has 3 rings (SSSR count). The third kappa shape index (κ3) is 4.76. The van der Waals surface area contributed by atoms with Crippen molar-refractivity contribution in [1.82, 2.24) is 14.8 Å². The summed E-state index contributed by atoms with van der Waals surface area (Å²) in [5.74, 6) is 0. The molecule has 0 saturated carbocycles. The molecule has 2 heterocycles. The Kier molecular flexibility index (Phi) is 5.73. The Hall–Kier alpha value is -2.48. The lowest BCUT2D eigenvalue weighted by Crippen LogP contribution is -2.45. The Morgan fingerprint density at radius 2 is 1.79 bits per heavy atom. The predicted molar refractivity (Wildman–Crippen MR) is 96.1 cm³/mol. The van der Waals surface area contributed by atoms with Gasteiger partial charge in [-0.2, -0.15) is 5.26 Å². The fraction of sp³-hybridized carbons (Fsp3) is 0.300. The topological polar surface area (TPSA) is 43.2 Å². The molecule has 0 atom stereocenters. The lowest BCUT2D eigenvalue weighted by molar-refractivity contribution is 0.137. The molecule has 1 aliphatic heterocycles. The minimum atomic E-state index is 0.705. The number of nitrogens with zero attached hydrogens (tertiary/aromatic N) is 4. The Morgan fingerprint density at radius 3 is 2.46 bits per heavy atom. The summed E-state index contributed by atoms with van der Waals surface area (Å²) in [6.45, 7) is 6.35. The molecule has 0 radical (unpaired) electrons. The van der Waals surface area contributed by atoms with Crippen LogP contribution in [0, 0.1) is 11.3 Å². The van der Waals surface area contributed by atoms with Gasteiger partial charge in [0, 0.05) is 51.7 Å².